The Kier molecular flexibility index (Phi) is 5.00. The molecule has 0 saturated heterocycles. The molecule has 1 N–H and O–H groups in total. The molecule has 2 aromatic carbocycles. The standard InChI is InChI=1S/C25H19NO4S/c1-15-14-16-6-2-3-7-17(16)21(25-26-10-13-31-25)20(15)22(23(27)18-8-4-11-29-18)24(28)19-9-5-12-30-19/h2-9,11-12,14,27H,10,13H2,1H3. The summed E-state index contributed by atoms with van der Waals surface area (Å²) >= 11 is 1.66. The number of carbonyl (C=O) groups excluding carboxylic acids is 1. The van der Waals surface area contributed by atoms with Gasteiger partial charge in [-0.05, 0) is 47.5 Å². The molecule has 0 bridgehead atoms. The molecule has 1 aliphatic rings. The SMILES string of the molecule is Cc1cc2ccccc2c(C2=NCCS2)c1C(C(=O)c1ccco1)=C(O)c1ccco1. The van der Waals surface area contributed by atoms with E-state index in [0.29, 0.717) is 5.56 Å². The lowest BCUT2D eigenvalue weighted by Crippen LogP contribution is -2.11. The third kappa shape index (κ3) is 3.39. The molecular weight excluding hydrogens is 410 g/mol. The van der Waals surface area contributed by atoms with Crippen molar-refractivity contribution in [3.8, 4) is 0 Å². The van der Waals surface area contributed by atoms with Crippen molar-refractivity contribution in [2.24, 2.45) is 4.99 Å². The number of benzene rings is 2. The summed E-state index contributed by atoms with van der Waals surface area (Å²) < 4.78 is 10.8. The van der Waals surface area contributed by atoms with Crippen LogP contribution in [0.2, 0.25) is 0 Å². The van der Waals surface area contributed by atoms with Gasteiger partial charge in [-0.3, -0.25) is 9.79 Å². The van der Waals surface area contributed by atoms with E-state index in [1.807, 2.05) is 37.3 Å². The molecule has 0 unspecified atom stereocenters. The molecule has 0 spiro atoms. The lowest BCUT2D eigenvalue weighted by Gasteiger charge is -2.18. The third-order valence-electron chi connectivity index (χ3n) is 5.26. The highest BCUT2D eigenvalue weighted by atomic mass is 32.2. The van der Waals surface area contributed by atoms with Crippen LogP contribution in [0.4, 0.5) is 0 Å². The van der Waals surface area contributed by atoms with E-state index < -0.39 is 5.78 Å². The number of aliphatic hydroxyl groups excluding tert-OH is 1. The molecule has 2 aromatic heterocycles. The van der Waals surface area contributed by atoms with Gasteiger partial charge in [-0.25, -0.2) is 0 Å². The largest absolute Gasteiger partial charge is 0.504 e. The number of nitrogens with zero attached hydrogens (tertiary/aromatic N) is 1. The van der Waals surface area contributed by atoms with Crippen molar-refractivity contribution in [3.05, 3.63) is 95.3 Å². The van der Waals surface area contributed by atoms with Crippen molar-refractivity contribution in [1.82, 2.24) is 0 Å². The minimum absolute atomic E-state index is 0.137. The van der Waals surface area contributed by atoms with E-state index in [2.05, 4.69) is 0 Å². The minimum atomic E-state index is -0.415. The number of aryl methyl sites for hydroxylation is 1. The van der Waals surface area contributed by atoms with Gasteiger partial charge in [0.15, 0.2) is 17.3 Å². The van der Waals surface area contributed by atoms with Crippen molar-refractivity contribution in [3.63, 3.8) is 0 Å². The number of aliphatic imine (C=N–C) groups is 1. The predicted octanol–water partition coefficient (Wildman–Crippen LogP) is 6.14. The van der Waals surface area contributed by atoms with Gasteiger partial charge in [0, 0.05) is 23.4 Å². The van der Waals surface area contributed by atoms with Crippen molar-refractivity contribution < 1.29 is 18.7 Å². The molecule has 6 heteroatoms. The number of Topliss-reactive ketones (excluding diaryl/α,β-unsaturated/α-hetero) is 1. The van der Waals surface area contributed by atoms with Crippen LogP contribution in [-0.2, 0) is 0 Å². The van der Waals surface area contributed by atoms with Crippen molar-refractivity contribution in [2.45, 2.75) is 6.92 Å². The van der Waals surface area contributed by atoms with E-state index in [0.717, 1.165) is 39.2 Å². The number of allylic oxidation sites excluding steroid dienone is 1. The van der Waals surface area contributed by atoms with Crippen LogP contribution in [0.5, 0.6) is 0 Å². The molecule has 0 saturated carbocycles. The van der Waals surface area contributed by atoms with E-state index in [1.165, 1.54) is 12.5 Å². The molecule has 154 valence electrons. The fourth-order valence-electron chi connectivity index (χ4n) is 3.93. The first kappa shape index (κ1) is 19.5. The van der Waals surface area contributed by atoms with Gasteiger partial charge in [0.25, 0.3) is 0 Å². The summed E-state index contributed by atoms with van der Waals surface area (Å²) in [6.45, 7) is 2.66. The summed E-state index contributed by atoms with van der Waals surface area (Å²) in [5.74, 6) is 0.602. The zero-order valence-corrected chi connectivity index (χ0v) is 17.6. The summed E-state index contributed by atoms with van der Waals surface area (Å²) in [5.41, 5.74) is 2.49. The Balaban J connectivity index is 1.88. The molecule has 5 rings (SSSR count). The van der Waals surface area contributed by atoms with Crippen molar-refractivity contribution in [2.75, 3.05) is 12.3 Å². The number of rotatable bonds is 5. The van der Waals surface area contributed by atoms with Crippen LogP contribution in [0, 0.1) is 6.92 Å². The Labute approximate surface area is 183 Å². The number of aliphatic hydroxyl groups is 1. The van der Waals surface area contributed by atoms with Gasteiger partial charge in [0.2, 0.25) is 5.78 Å². The van der Waals surface area contributed by atoms with E-state index in [9.17, 15) is 9.90 Å². The van der Waals surface area contributed by atoms with Gasteiger partial charge in [-0.1, -0.05) is 30.3 Å². The number of hydrogen-bond donors (Lipinski definition) is 1. The average Bonchev–Trinajstić information content (AvgIpc) is 3.57. The van der Waals surface area contributed by atoms with Crippen LogP contribution in [0.25, 0.3) is 22.1 Å². The summed E-state index contributed by atoms with van der Waals surface area (Å²) in [7, 11) is 0. The Hall–Kier alpha value is -3.51. The van der Waals surface area contributed by atoms with Crippen LogP contribution in [0.3, 0.4) is 0 Å². The normalized spacial score (nSPS) is 14.5. The fraction of sp³-hybridized carbons (Fsp3) is 0.120. The van der Waals surface area contributed by atoms with E-state index in [-0.39, 0.29) is 22.9 Å². The van der Waals surface area contributed by atoms with Gasteiger partial charge >= 0.3 is 0 Å². The first-order valence-corrected chi connectivity index (χ1v) is 10.9. The summed E-state index contributed by atoms with van der Waals surface area (Å²) in [4.78, 5) is 18.3. The Morgan fingerprint density at radius 2 is 1.77 bits per heavy atom. The van der Waals surface area contributed by atoms with E-state index >= 15 is 0 Å². The van der Waals surface area contributed by atoms with E-state index in [1.54, 1.807) is 36.0 Å². The highest BCUT2D eigenvalue weighted by Gasteiger charge is 2.30. The highest BCUT2D eigenvalue weighted by Crippen LogP contribution is 2.39. The average molecular weight is 429 g/mol. The van der Waals surface area contributed by atoms with Crippen molar-refractivity contribution in [1.29, 1.82) is 0 Å². The zero-order chi connectivity index (χ0) is 21.4. The molecule has 0 amide bonds. The van der Waals surface area contributed by atoms with Crippen LogP contribution >= 0.6 is 11.8 Å². The summed E-state index contributed by atoms with van der Waals surface area (Å²) in [6, 6.07) is 16.6. The van der Waals surface area contributed by atoms with Crippen molar-refractivity contribution >= 4 is 44.7 Å². The molecule has 3 heterocycles. The smallest absolute Gasteiger partial charge is 0.232 e. The fourth-order valence-corrected chi connectivity index (χ4v) is 4.84. The second-order valence-electron chi connectivity index (χ2n) is 7.21. The van der Waals surface area contributed by atoms with Gasteiger partial charge in [-0.15, -0.1) is 11.8 Å². The maximum absolute atomic E-state index is 13.6. The number of ketones is 1. The first-order chi connectivity index (χ1) is 15.1. The van der Waals surface area contributed by atoms with Gasteiger partial charge in [0.1, 0.15) is 0 Å². The molecular formula is C25H19NO4S. The van der Waals surface area contributed by atoms with Gasteiger partial charge in [-0.2, -0.15) is 0 Å². The number of hydrogen-bond acceptors (Lipinski definition) is 6. The maximum Gasteiger partial charge on any atom is 0.232 e. The van der Waals surface area contributed by atoms with Crippen LogP contribution < -0.4 is 0 Å². The van der Waals surface area contributed by atoms with E-state index in [4.69, 9.17) is 13.8 Å². The molecule has 31 heavy (non-hydrogen) atoms. The second-order valence-corrected chi connectivity index (χ2v) is 8.29. The highest BCUT2D eigenvalue weighted by molar-refractivity contribution is 8.14. The number of carbonyl (C=O) groups is 1. The second kappa shape index (κ2) is 7.96. The van der Waals surface area contributed by atoms with Gasteiger partial charge < -0.3 is 13.9 Å². The topological polar surface area (TPSA) is 75.9 Å². The lowest BCUT2D eigenvalue weighted by molar-refractivity contribution is 0.103. The lowest BCUT2D eigenvalue weighted by atomic mass is 9.87. The third-order valence-corrected chi connectivity index (χ3v) is 6.25. The number of furan rings is 2. The molecule has 0 fully saturated rings. The molecule has 1 aliphatic heterocycles. The quantitative estimate of drug-likeness (QED) is 0.234. The minimum Gasteiger partial charge on any atom is -0.504 e. The molecule has 4 aromatic rings. The monoisotopic (exact) mass is 429 g/mol. The maximum atomic E-state index is 13.6. The Morgan fingerprint density at radius 3 is 2.45 bits per heavy atom. The predicted molar refractivity (Wildman–Crippen MR) is 124 cm³/mol. The Morgan fingerprint density at radius 1 is 1.03 bits per heavy atom. The molecule has 0 radical (unpaired) electrons. The molecule has 0 aliphatic carbocycles. The number of thioether (sulfide) groups is 1. The Bertz CT molecular complexity index is 1330. The zero-order valence-electron chi connectivity index (χ0n) is 16.8. The van der Waals surface area contributed by atoms with Crippen LogP contribution in [-0.4, -0.2) is 28.2 Å². The van der Waals surface area contributed by atoms with Crippen LogP contribution in [0.1, 0.15) is 33.0 Å². The molecule has 5 nitrogen and oxygen atoms in total. The number of fused-ring (bicyclic) bond motifs is 1. The summed E-state index contributed by atoms with van der Waals surface area (Å²) in [6.07, 6.45) is 2.91. The summed E-state index contributed by atoms with van der Waals surface area (Å²) in [5, 5.41) is 14.1. The molecule has 0 atom stereocenters. The first-order valence-electron chi connectivity index (χ1n) is 9.91. The van der Waals surface area contributed by atoms with Gasteiger partial charge in [0.05, 0.1) is 23.1 Å². The van der Waals surface area contributed by atoms with Crippen LogP contribution in [0.15, 0.2) is 81.0 Å².